The zero-order chi connectivity index (χ0) is 15.9. The van der Waals surface area contributed by atoms with E-state index in [4.69, 9.17) is 4.74 Å². The van der Waals surface area contributed by atoms with E-state index in [0.29, 0.717) is 6.54 Å². The van der Waals surface area contributed by atoms with Crippen LogP contribution in [-0.2, 0) is 9.53 Å². The van der Waals surface area contributed by atoms with Crippen LogP contribution in [-0.4, -0.2) is 50.2 Å². The minimum Gasteiger partial charge on any atom is -0.379 e. The number of benzene rings is 2. The lowest BCUT2D eigenvalue weighted by molar-refractivity contribution is -0.116. The highest BCUT2D eigenvalue weighted by Crippen LogP contribution is 2.19. The summed E-state index contributed by atoms with van der Waals surface area (Å²) >= 11 is 0. The molecule has 1 aliphatic rings. The Balaban J connectivity index is 1.53. The van der Waals surface area contributed by atoms with Gasteiger partial charge in [-0.15, -0.1) is 0 Å². The fourth-order valence-electron chi connectivity index (χ4n) is 2.78. The molecule has 0 aromatic heterocycles. The lowest BCUT2D eigenvalue weighted by atomic mass is 10.0. The van der Waals surface area contributed by atoms with Crippen LogP contribution in [0.2, 0.25) is 0 Å². The predicted octanol–water partition coefficient (Wildman–Crippen LogP) is 2.30. The molecule has 2 aromatic carbocycles. The van der Waals surface area contributed by atoms with Crippen molar-refractivity contribution in [1.29, 1.82) is 0 Å². The van der Waals surface area contributed by atoms with Gasteiger partial charge in [0.2, 0.25) is 5.91 Å². The van der Waals surface area contributed by atoms with E-state index < -0.39 is 0 Å². The molecule has 1 aliphatic heterocycles. The second-order valence-corrected chi connectivity index (χ2v) is 5.65. The quantitative estimate of drug-likeness (QED) is 0.862. The molecule has 23 heavy (non-hydrogen) atoms. The van der Waals surface area contributed by atoms with Gasteiger partial charge >= 0.3 is 0 Å². The number of rotatable bonds is 5. The van der Waals surface area contributed by atoms with Gasteiger partial charge in [-0.1, -0.05) is 42.5 Å². The number of nitrogens with one attached hydrogen (secondary N) is 1. The fraction of sp³-hybridized carbons (Fsp3) is 0.316. The van der Waals surface area contributed by atoms with Gasteiger partial charge in [0.25, 0.3) is 0 Å². The molecule has 1 heterocycles. The number of carbonyl (C=O) groups excluding carboxylic acids is 1. The lowest BCUT2D eigenvalue weighted by Crippen LogP contribution is -2.41. The second-order valence-electron chi connectivity index (χ2n) is 5.65. The third-order valence-corrected chi connectivity index (χ3v) is 4.07. The Morgan fingerprint density at radius 2 is 1.91 bits per heavy atom. The molecule has 4 nitrogen and oxygen atoms in total. The van der Waals surface area contributed by atoms with E-state index in [2.05, 4.69) is 28.4 Å². The van der Waals surface area contributed by atoms with Crippen LogP contribution in [0.4, 0.5) is 0 Å². The molecule has 1 N–H and O–H groups in total. The molecule has 1 fully saturated rings. The molecule has 3 rings (SSSR count). The van der Waals surface area contributed by atoms with Gasteiger partial charge in [-0.3, -0.25) is 9.69 Å². The number of hydrogen-bond acceptors (Lipinski definition) is 3. The third kappa shape index (κ3) is 4.41. The Labute approximate surface area is 136 Å². The molecular formula is C19H22N2O2. The van der Waals surface area contributed by atoms with Crippen molar-refractivity contribution < 1.29 is 9.53 Å². The van der Waals surface area contributed by atoms with Gasteiger partial charge < -0.3 is 10.1 Å². The summed E-state index contributed by atoms with van der Waals surface area (Å²) in [5.41, 5.74) is 1.06. The van der Waals surface area contributed by atoms with Crippen LogP contribution in [0.15, 0.2) is 48.5 Å². The average Bonchev–Trinajstić information content (AvgIpc) is 2.61. The van der Waals surface area contributed by atoms with E-state index in [9.17, 15) is 4.79 Å². The third-order valence-electron chi connectivity index (χ3n) is 4.07. The first-order valence-corrected chi connectivity index (χ1v) is 8.07. The molecular weight excluding hydrogens is 288 g/mol. The Morgan fingerprint density at radius 3 is 2.78 bits per heavy atom. The molecule has 1 saturated heterocycles. The van der Waals surface area contributed by atoms with Crippen molar-refractivity contribution in [2.45, 2.75) is 0 Å². The number of amides is 1. The van der Waals surface area contributed by atoms with Crippen molar-refractivity contribution in [3.8, 4) is 0 Å². The zero-order valence-corrected chi connectivity index (χ0v) is 13.2. The topological polar surface area (TPSA) is 41.6 Å². The molecule has 0 radical (unpaired) electrons. The number of nitrogens with zero attached hydrogens (tertiary/aromatic N) is 1. The van der Waals surface area contributed by atoms with Crippen molar-refractivity contribution in [3.05, 3.63) is 54.1 Å². The maximum absolute atomic E-state index is 12.0. The normalized spacial score (nSPS) is 16.0. The van der Waals surface area contributed by atoms with Gasteiger partial charge in [0.1, 0.15) is 0 Å². The van der Waals surface area contributed by atoms with E-state index in [1.54, 1.807) is 6.08 Å². The van der Waals surface area contributed by atoms with Crippen molar-refractivity contribution in [2.24, 2.45) is 0 Å². The van der Waals surface area contributed by atoms with E-state index in [-0.39, 0.29) is 5.91 Å². The summed E-state index contributed by atoms with van der Waals surface area (Å²) in [5, 5.41) is 5.28. The minimum atomic E-state index is -0.0498. The minimum absolute atomic E-state index is 0.0498. The molecule has 0 bridgehead atoms. The highest BCUT2D eigenvalue weighted by atomic mass is 16.5. The van der Waals surface area contributed by atoms with E-state index in [1.165, 1.54) is 5.39 Å². The summed E-state index contributed by atoms with van der Waals surface area (Å²) in [6.45, 7) is 5.00. The van der Waals surface area contributed by atoms with Crippen LogP contribution < -0.4 is 5.32 Å². The molecule has 2 aromatic rings. The highest BCUT2D eigenvalue weighted by Gasteiger charge is 2.09. The molecule has 120 valence electrons. The van der Waals surface area contributed by atoms with Gasteiger partial charge in [0, 0.05) is 32.3 Å². The van der Waals surface area contributed by atoms with Gasteiger partial charge in [0.15, 0.2) is 0 Å². The summed E-state index contributed by atoms with van der Waals surface area (Å²) in [4.78, 5) is 14.3. The summed E-state index contributed by atoms with van der Waals surface area (Å²) in [7, 11) is 0. The van der Waals surface area contributed by atoms with Gasteiger partial charge in [-0.2, -0.15) is 0 Å². The first-order chi connectivity index (χ1) is 11.3. The second kappa shape index (κ2) is 7.90. The van der Waals surface area contributed by atoms with Crippen LogP contribution in [0.3, 0.4) is 0 Å². The predicted molar refractivity (Wildman–Crippen MR) is 93.3 cm³/mol. The Kier molecular flexibility index (Phi) is 5.40. The first-order valence-electron chi connectivity index (χ1n) is 8.07. The lowest BCUT2D eigenvalue weighted by Gasteiger charge is -2.26. The van der Waals surface area contributed by atoms with E-state index >= 15 is 0 Å². The van der Waals surface area contributed by atoms with Crippen LogP contribution in [0.25, 0.3) is 16.8 Å². The summed E-state index contributed by atoms with van der Waals surface area (Å²) in [6, 6.07) is 14.3. The number of ether oxygens (including phenoxy) is 1. The summed E-state index contributed by atoms with van der Waals surface area (Å²) < 4.78 is 5.31. The van der Waals surface area contributed by atoms with Crippen LogP contribution >= 0.6 is 0 Å². The molecule has 0 unspecified atom stereocenters. The number of morpholine rings is 1. The van der Waals surface area contributed by atoms with Gasteiger partial charge in [0.05, 0.1) is 13.2 Å². The number of fused-ring (bicyclic) bond motifs is 1. The van der Waals surface area contributed by atoms with Crippen LogP contribution in [0.5, 0.6) is 0 Å². The standard InChI is InChI=1S/C19H22N2O2/c22-19(20-10-11-21-12-14-23-15-13-21)9-8-17-6-3-5-16-4-1-2-7-18(16)17/h1-9H,10-15H2,(H,20,22)/b9-8-. The SMILES string of the molecule is O=C(/C=C\c1cccc2ccccc12)NCCN1CCOCC1. The van der Waals surface area contributed by atoms with Crippen molar-refractivity contribution >= 4 is 22.8 Å². The fourth-order valence-corrected chi connectivity index (χ4v) is 2.78. The van der Waals surface area contributed by atoms with E-state index in [0.717, 1.165) is 43.8 Å². The Morgan fingerprint density at radius 1 is 1.13 bits per heavy atom. The van der Waals surface area contributed by atoms with Crippen LogP contribution in [0.1, 0.15) is 5.56 Å². The van der Waals surface area contributed by atoms with E-state index in [1.807, 2.05) is 30.3 Å². The van der Waals surface area contributed by atoms with Crippen molar-refractivity contribution in [2.75, 3.05) is 39.4 Å². The van der Waals surface area contributed by atoms with Crippen LogP contribution in [0, 0.1) is 0 Å². The largest absolute Gasteiger partial charge is 0.379 e. The Hall–Kier alpha value is -2.17. The molecule has 0 spiro atoms. The highest BCUT2D eigenvalue weighted by molar-refractivity contribution is 5.96. The average molecular weight is 310 g/mol. The molecule has 1 amide bonds. The van der Waals surface area contributed by atoms with Gasteiger partial charge in [-0.25, -0.2) is 0 Å². The number of hydrogen-bond donors (Lipinski definition) is 1. The maximum atomic E-state index is 12.0. The molecule has 0 aliphatic carbocycles. The smallest absolute Gasteiger partial charge is 0.244 e. The van der Waals surface area contributed by atoms with Crippen molar-refractivity contribution in [3.63, 3.8) is 0 Å². The van der Waals surface area contributed by atoms with Gasteiger partial charge in [-0.05, 0) is 22.4 Å². The van der Waals surface area contributed by atoms with Crippen molar-refractivity contribution in [1.82, 2.24) is 10.2 Å². The maximum Gasteiger partial charge on any atom is 0.244 e. The molecule has 0 saturated carbocycles. The zero-order valence-electron chi connectivity index (χ0n) is 13.2. The first kappa shape index (κ1) is 15.7. The molecule has 0 atom stereocenters. The monoisotopic (exact) mass is 310 g/mol. The molecule has 4 heteroatoms. The number of carbonyl (C=O) groups is 1. The Bertz CT molecular complexity index is 685. The summed E-state index contributed by atoms with van der Waals surface area (Å²) in [6.07, 6.45) is 3.49. The summed E-state index contributed by atoms with van der Waals surface area (Å²) in [5.74, 6) is -0.0498.